The minimum Gasteiger partial charge on any atom is -0.312 e. The molecule has 0 aliphatic carbocycles. The first-order chi connectivity index (χ1) is 11.7. The summed E-state index contributed by atoms with van der Waals surface area (Å²) in [4.78, 5) is 26.3. The second-order valence-corrected chi connectivity index (χ2v) is 8.45. The van der Waals surface area contributed by atoms with Crippen LogP contribution in [0.5, 0.6) is 0 Å². The van der Waals surface area contributed by atoms with Crippen LogP contribution >= 0.6 is 22.9 Å². The maximum atomic E-state index is 12.5. The normalized spacial score (nSPS) is 17.8. The largest absolute Gasteiger partial charge is 0.312 e. The van der Waals surface area contributed by atoms with E-state index < -0.39 is 5.92 Å². The third-order valence-electron chi connectivity index (χ3n) is 3.93. The number of rotatable bonds is 3. The SMILES string of the molecule is CC(C)(C)c1nnc(NC(=O)C2CC(=O)N(c3ccc(Cl)cc3)C2)s1. The first kappa shape index (κ1) is 17.8. The van der Waals surface area contributed by atoms with Crippen molar-refractivity contribution in [3.63, 3.8) is 0 Å². The number of nitrogens with zero attached hydrogens (tertiary/aromatic N) is 3. The van der Waals surface area contributed by atoms with Gasteiger partial charge in [-0.15, -0.1) is 10.2 Å². The van der Waals surface area contributed by atoms with Crippen LogP contribution in [0.3, 0.4) is 0 Å². The van der Waals surface area contributed by atoms with Crippen LogP contribution in [0.15, 0.2) is 24.3 Å². The lowest BCUT2D eigenvalue weighted by atomic mass is 9.98. The van der Waals surface area contributed by atoms with E-state index in [2.05, 4.69) is 15.5 Å². The maximum absolute atomic E-state index is 12.5. The highest BCUT2D eigenvalue weighted by atomic mass is 35.5. The van der Waals surface area contributed by atoms with Crippen LogP contribution in [-0.2, 0) is 15.0 Å². The molecule has 0 radical (unpaired) electrons. The highest BCUT2D eigenvalue weighted by molar-refractivity contribution is 7.15. The lowest BCUT2D eigenvalue weighted by molar-refractivity contribution is -0.122. The highest BCUT2D eigenvalue weighted by Crippen LogP contribution is 2.30. The van der Waals surface area contributed by atoms with Gasteiger partial charge in [-0.25, -0.2) is 0 Å². The summed E-state index contributed by atoms with van der Waals surface area (Å²) < 4.78 is 0. The molecule has 1 saturated heterocycles. The van der Waals surface area contributed by atoms with Gasteiger partial charge < -0.3 is 10.2 Å². The molecule has 6 nitrogen and oxygen atoms in total. The molecule has 1 fully saturated rings. The Bertz CT molecular complexity index is 798. The number of halogens is 1. The predicted octanol–water partition coefficient (Wildman–Crippen LogP) is 3.48. The van der Waals surface area contributed by atoms with E-state index in [1.165, 1.54) is 11.3 Å². The van der Waals surface area contributed by atoms with E-state index in [0.717, 1.165) is 10.7 Å². The van der Waals surface area contributed by atoms with Crippen molar-refractivity contribution in [1.29, 1.82) is 0 Å². The minimum atomic E-state index is -0.412. The standard InChI is InChI=1S/C17H19ClN4O2S/c1-17(2,3)15-20-21-16(25-15)19-14(24)10-8-13(23)22(9-10)12-6-4-11(18)5-7-12/h4-7,10H,8-9H2,1-3H3,(H,19,21,24). The number of amides is 2. The Kier molecular flexibility index (Phi) is 4.79. The van der Waals surface area contributed by atoms with Crippen LogP contribution in [0.1, 0.15) is 32.2 Å². The third-order valence-corrected chi connectivity index (χ3v) is 5.45. The Morgan fingerprint density at radius 2 is 1.96 bits per heavy atom. The van der Waals surface area contributed by atoms with Gasteiger partial charge in [0.05, 0.1) is 5.92 Å². The molecule has 0 bridgehead atoms. The zero-order chi connectivity index (χ0) is 18.2. The average molecular weight is 379 g/mol. The molecular weight excluding hydrogens is 360 g/mol. The Hall–Kier alpha value is -1.99. The number of anilines is 2. The van der Waals surface area contributed by atoms with Crippen LogP contribution in [-0.4, -0.2) is 28.6 Å². The van der Waals surface area contributed by atoms with Crippen molar-refractivity contribution < 1.29 is 9.59 Å². The van der Waals surface area contributed by atoms with E-state index in [1.54, 1.807) is 29.2 Å². The molecule has 2 aromatic rings. The Morgan fingerprint density at radius 3 is 2.56 bits per heavy atom. The first-order valence-corrected chi connectivity index (χ1v) is 9.14. The molecule has 1 aromatic heterocycles. The summed E-state index contributed by atoms with van der Waals surface area (Å²) in [6.07, 6.45) is 0.180. The second kappa shape index (κ2) is 6.72. The second-order valence-electron chi connectivity index (χ2n) is 7.03. The summed E-state index contributed by atoms with van der Waals surface area (Å²) in [7, 11) is 0. The summed E-state index contributed by atoms with van der Waals surface area (Å²) in [6, 6.07) is 7.02. The zero-order valence-electron chi connectivity index (χ0n) is 14.2. The van der Waals surface area contributed by atoms with Crippen molar-refractivity contribution in [2.75, 3.05) is 16.8 Å². The molecule has 1 aliphatic heterocycles. The Balaban J connectivity index is 1.66. The van der Waals surface area contributed by atoms with Crippen molar-refractivity contribution in [3.8, 4) is 0 Å². The van der Waals surface area contributed by atoms with Crippen molar-refractivity contribution in [3.05, 3.63) is 34.3 Å². The summed E-state index contributed by atoms with van der Waals surface area (Å²) in [5, 5.41) is 12.9. The van der Waals surface area contributed by atoms with Gasteiger partial charge in [0.1, 0.15) is 5.01 Å². The van der Waals surface area contributed by atoms with E-state index >= 15 is 0 Å². The zero-order valence-corrected chi connectivity index (χ0v) is 15.8. The van der Waals surface area contributed by atoms with Gasteiger partial charge in [0.15, 0.2) is 0 Å². The van der Waals surface area contributed by atoms with E-state index in [0.29, 0.717) is 16.7 Å². The predicted molar refractivity (Wildman–Crippen MR) is 99.2 cm³/mol. The summed E-state index contributed by atoms with van der Waals surface area (Å²) in [5.41, 5.74) is 0.630. The molecule has 132 valence electrons. The molecule has 1 atom stereocenters. The number of nitrogens with one attached hydrogen (secondary N) is 1. The number of carbonyl (C=O) groups is 2. The summed E-state index contributed by atoms with van der Waals surface area (Å²) >= 11 is 7.24. The van der Waals surface area contributed by atoms with Gasteiger partial charge in [-0.05, 0) is 24.3 Å². The Labute approximate surface area is 155 Å². The molecule has 2 amide bonds. The van der Waals surface area contributed by atoms with Crippen LogP contribution in [0.4, 0.5) is 10.8 Å². The van der Waals surface area contributed by atoms with Crippen molar-refractivity contribution in [2.45, 2.75) is 32.6 Å². The van der Waals surface area contributed by atoms with Crippen molar-refractivity contribution in [2.24, 2.45) is 5.92 Å². The lowest BCUT2D eigenvalue weighted by Crippen LogP contribution is -2.28. The Morgan fingerprint density at radius 1 is 1.28 bits per heavy atom. The molecule has 1 aromatic carbocycles. The van der Waals surface area contributed by atoms with E-state index in [1.807, 2.05) is 20.8 Å². The van der Waals surface area contributed by atoms with Crippen LogP contribution in [0.2, 0.25) is 5.02 Å². The fraction of sp³-hybridized carbons (Fsp3) is 0.412. The van der Waals surface area contributed by atoms with Gasteiger partial charge in [-0.1, -0.05) is 43.7 Å². The molecule has 1 aliphatic rings. The van der Waals surface area contributed by atoms with E-state index in [-0.39, 0.29) is 23.7 Å². The molecule has 1 N–H and O–H groups in total. The molecule has 3 rings (SSSR count). The van der Waals surface area contributed by atoms with E-state index in [9.17, 15) is 9.59 Å². The van der Waals surface area contributed by atoms with Crippen molar-refractivity contribution in [1.82, 2.24) is 10.2 Å². The number of carbonyl (C=O) groups excluding carboxylic acids is 2. The number of benzene rings is 1. The maximum Gasteiger partial charge on any atom is 0.231 e. The smallest absolute Gasteiger partial charge is 0.231 e. The third kappa shape index (κ3) is 3.99. The van der Waals surface area contributed by atoms with Gasteiger partial charge in [-0.2, -0.15) is 0 Å². The summed E-state index contributed by atoms with van der Waals surface area (Å²) in [5.74, 6) is -0.693. The molecule has 2 heterocycles. The number of hydrogen-bond donors (Lipinski definition) is 1. The minimum absolute atomic E-state index is 0.0740. The van der Waals surface area contributed by atoms with Gasteiger partial charge in [0.2, 0.25) is 16.9 Å². The van der Waals surface area contributed by atoms with E-state index in [4.69, 9.17) is 11.6 Å². The van der Waals surface area contributed by atoms with Gasteiger partial charge in [0.25, 0.3) is 0 Å². The number of aromatic nitrogens is 2. The highest BCUT2D eigenvalue weighted by Gasteiger charge is 2.35. The first-order valence-electron chi connectivity index (χ1n) is 7.95. The molecule has 0 spiro atoms. The molecule has 25 heavy (non-hydrogen) atoms. The summed E-state index contributed by atoms with van der Waals surface area (Å²) in [6.45, 7) is 6.47. The molecule has 8 heteroatoms. The average Bonchev–Trinajstić information content (AvgIpc) is 3.15. The fourth-order valence-electron chi connectivity index (χ4n) is 2.54. The van der Waals surface area contributed by atoms with Crippen LogP contribution in [0.25, 0.3) is 0 Å². The van der Waals surface area contributed by atoms with Crippen LogP contribution < -0.4 is 10.2 Å². The molecule has 1 unspecified atom stereocenters. The quantitative estimate of drug-likeness (QED) is 0.887. The number of hydrogen-bond acceptors (Lipinski definition) is 5. The van der Waals surface area contributed by atoms with Gasteiger partial charge >= 0.3 is 0 Å². The molecular formula is C17H19ClN4O2S. The monoisotopic (exact) mass is 378 g/mol. The fourth-order valence-corrected chi connectivity index (χ4v) is 3.47. The van der Waals surface area contributed by atoms with Gasteiger partial charge in [-0.3, -0.25) is 9.59 Å². The van der Waals surface area contributed by atoms with Gasteiger partial charge in [0, 0.05) is 29.1 Å². The molecule has 0 saturated carbocycles. The topological polar surface area (TPSA) is 75.2 Å². The lowest BCUT2D eigenvalue weighted by Gasteiger charge is -2.16. The van der Waals surface area contributed by atoms with Crippen LogP contribution in [0, 0.1) is 5.92 Å². The van der Waals surface area contributed by atoms with Crippen molar-refractivity contribution >= 4 is 45.6 Å².